The lowest BCUT2D eigenvalue weighted by Gasteiger charge is -2.27. The quantitative estimate of drug-likeness (QED) is 0.641. The van der Waals surface area contributed by atoms with E-state index in [1.165, 1.54) is 0 Å². The minimum absolute atomic E-state index is 0.0950. The highest BCUT2D eigenvalue weighted by Crippen LogP contribution is 2.00. The van der Waals surface area contributed by atoms with Crippen LogP contribution in [0.15, 0.2) is 0 Å². The van der Waals surface area contributed by atoms with Crippen LogP contribution in [0, 0.1) is 5.92 Å². The monoisotopic (exact) mass is 200 g/mol. The Labute approximate surface area is 85.4 Å². The van der Waals surface area contributed by atoms with Crippen LogP contribution in [-0.4, -0.2) is 38.3 Å². The van der Waals surface area contributed by atoms with Crippen molar-refractivity contribution in [1.82, 2.24) is 10.6 Å². The molecule has 4 nitrogen and oxygen atoms in total. The van der Waals surface area contributed by atoms with E-state index in [1.807, 2.05) is 13.8 Å². The summed E-state index contributed by atoms with van der Waals surface area (Å²) in [6, 6.07) is 0. The summed E-state index contributed by atoms with van der Waals surface area (Å²) in [5.74, 6) is 0.725. The summed E-state index contributed by atoms with van der Waals surface area (Å²) in [4.78, 5) is 11.3. The molecule has 1 fully saturated rings. The van der Waals surface area contributed by atoms with Crippen molar-refractivity contribution >= 4 is 5.91 Å². The second-order valence-corrected chi connectivity index (χ2v) is 4.00. The number of amides is 1. The van der Waals surface area contributed by atoms with Crippen LogP contribution >= 0.6 is 0 Å². The zero-order valence-electron chi connectivity index (χ0n) is 9.01. The second-order valence-electron chi connectivity index (χ2n) is 4.00. The van der Waals surface area contributed by atoms with Gasteiger partial charge < -0.3 is 15.4 Å². The van der Waals surface area contributed by atoms with Gasteiger partial charge in [-0.15, -0.1) is 0 Å². The van der Waals surface area contributed by atoms with E-state index in [0.29, 0.717) is 18.9 Å². The van der Waals surface area contributed by atoms with Gasteiger partial charge in [0, 0.05) is 32.0 Å². The number of ether oxygens (including phenoxy) is 1. The Morgan fingerprint density at radius 2 is 2.29 bits per heavy atom. The molecular weight excluding hydrogens is 180 g/mol. The summed E-state index contributed by atoms with van der Waals surface area (Å²) in [5, 5.41) is 6.07. The Kier molecular flexibility index (Phi) is 4.90. The first-order valence-electron chi connectivity index (χ1n) is 5.27. The van der Waals surface area contributed by atoms with E-state index >= 15 is 0 Å². The molecule has 1 rings (SSSR count). The number of hydrogen-bond donors (Lipinski definition) is 2. The molecule has 0 aromatic rings. The molecule has 1 aliphatic rings. The molecule has 1 amide bonds. The number of carbonyl (C=O) groups is 1. The van der Waals surface area contributed by atoms with Gasteiger partial charge in [0.25, 0.3) is 0 Å². The van der Waals surface area contributed by atoms with Gasteiger partial charge >= 0.3 is 0 Å². The molecule has 0 aliphatic carbocycles. The van der Waals surface area contributed by atoms with Crippen molar-refractivity contribution in [3.05, 3.63) is 0 Å². The molecule has 0 spiro atoms. The Hall–Kier alpha value is -0.610. The summed E-state index contributed by atoms with van der Waals surface area (Å²) in [7, 11) is 0. The molecule has 0 aromatic heterocycles. The van der Waals surface area contributed by atoms with Crippen molar-refractivity contribution in [3.63, 3.8) is 0 Å². The lowest BCUT2D eigenvalue weighted by molar-refractivity contribution is -0.122. The molecule has 0 unspecified atom stereocenters. The van der Waals surface area contributed by atoms with Crippen LogP contribution < -0.4 is 10.6 Å². The third-order valence-electron chi connectivity index (χ3n) is 2.23. The van der Waals surface area contributed by atoms with Crippen LogP contribution in [0.25, 0.3) is 0 Å². The van der Waals surface area contributed by atoms with Crippen LogP contribution in [-0.2, 0) is 9.53 Å². The average molecular weight is 200 g/mol. The van der Waals surface area contributed by atoms with Gasteiger partial charge in [0.2, 0.25) is 5.91 Å². The zero-order valence-corrected chi connectivity index (χ0v) is 9.01. The van der Waals surface area contributed by atoms with E-state index in [9.17, 15) is 4.79 Å². The van der Waals surface area contributed by atoms with Crippen molar-refractivity contribution in [2.75, 3.05) is 26.2 Å². The normalized spacial score (nSPS) is 16.8. The molecule has 1 aliphatic heterocycles. The van der Waals surface area contributed by atoms with Gasteiger partial charge in [-0.25, -0.2) is 0 Å². The highest BCUT2D eigenvalue weighted by molar-refractivity contribution is 5.75. The highest BCUT2D eigenvalue weighted by Gasteiger charge is 2.16. The van der Waals surface area contributed by atoms with Crippen molar-refractivity contribution in [1.29, 1.82) is 0 Å². The highest BCUT2D eigenvalue weighted by atomic mass is 16.5. The third-order valence-corrected chi connectivity index (χ3v) is 2.23. The minimum Gasteiger partial charge on any atom is -0.378 e. The Morgan fingerprint density at radius 3 is 2.79 bits per heavy atom. The average Bonchev–Trinajstić information content (AvgIpc) is 2.00. The number of nitrogens with one attached hydrogen (secondary N) is 2. The molecule has 1 saturated heterocycles. The van der Waals surface area contributed by atoms with Crippen molar-refractivity contribution < 1.29 is 9.53 Å². The molecule has 1 heterocycles. The molecule has 2 N–H and O–H groups in total. The topological polar surface area (TPSA) is 50.4 Å². The van der Waals surface area contributed by atoms with E-state index < -0.39 is 0 Å². The summed E-state index contributed by atoms with van der Waals surface area (Å²) < 4.78 is 5.29. The SMILES string of the molecule is CC(C)OCCC(=O)NCC1CNC1. The van der Waals surface area contributed by atoms with E-state index in [4.69, 9.17) is 4.74 Å². The first-order valence-corrected chi connectivity index (χ1v) is 5.27. The fraction of sp³-hybridized carbons (Fsp3) is 0.900. The third kappa shape index (κ3) is 4.58. The van der Waals surface area contributed by atoms with Gasteiger partial charge in [0.1, 0.15) is 0 Å². The number of rotatable bonds is 6. The molecule has 0 atom stereocenters. The van der Waals surface area contributed by atoms with Crippen LogP contribution in [0.2, 0.25) is 0 Å². The molecule has 4 heteroatoms. The summed E-state index contributed by atoms with van der Waals surface area (Å²) in [6.07, 6.45) is 0.678. The number of carbonyl (C=O) groups excluding carboxylic acids is 1. The largest absolute Gasteiger partial charge is 0.378 e. The predicted molar refractivity (Wildman–Crippen MR) is 55.1 cm³/mol. The fourth-order valence-electron chi connectivity index (χ4n) is 1.23. The van der Waals surface area contributed by atoms with Gasteiger partial charge in [-0.3, -0.25) is 4.79 Å². The molecule has 82 valence electrons. The maximum Gasteiger partial charge on any atom is 0.222 e. The molecular formula is C10H20N2O2. The molecule has 14 heavy (non-hydrogen) atoms. The van der Waals surface area contributed by atoms with Crippen LogP contribution in [0.1, 0.15) is 20.3 Å². The molecule has 0 bridgehead atoms. The van der Waals surface area contributed by atoms with E-state index in [1.54, 1.807) is 0 Å². The smallest absolute Gasteiger partial charge is 0.222 e. The molecule has 0 aromatic carbocycles. The fourth-order valence-corrected chi connectivity index (χ4v) is 1.23. The van der Waals surface area contributed by atoms with Crippen LogP contribution in [0.4, 0.5) is 0 Å². The molecule has 0 saturated carbocycles. The van der Waals surface area contributed by atoms with Gasteiger partial charge in [-0.2, -0.15) is 0 Å². The standard InChI is InChI=1S/C10H20N2O2/c1-8(2)14-4-3-10(13)12-7-9-5-11-6-9/h8-9,11H,3-7H2,1-2H3,(H,12,13). The van der Waals surface area contributed by atoms with Gasteiger partial charge in [0.05, 0.1) is 12.7 Å². The van der Waals surface area contributed by atoms with Gasteiger partial charge in [-0.1, -0.05) is 0 Å². The first kappa shape index (κ1) is 11.5. The van der Waals surface area contributed by atoms with E-state index in [-0.39, 0.29) is 12.0 Å². The summed E-state index contributed by atoms with van der Waals surface area (Å²) >= 11 is 0. The zero-order chi connectivity index (χ0) is 10.4. The van der Waals surface area contributed by atoms with Crippen LogP contribution in [0.3, 0.4) is 0 Å². The second kappa shape index (κ2) is 5.98. The van der Waals surface area contributed by atoms with Crippen molar-refractivity contribution in [2.45, 2.75) is 26.4 Å². The predicted octanol–water partition coefficient (Wildman–Crippen LogP) is 0.137. The van der Waals surface area contributed by atoms with Gasteiger partial charge in [-0.05, 0) is 13.8 Å². The summed E-state index contributed by atoms with van der Waals surface area (Å²) in [6.45, 7) is 7.32. The lowest BCUT2D eigenvalue weighted by Crippen LogP contribution is -2.48. The van der Waals surface area contributed by atoms with Crippen LogP contribution in [0.5, 0.6) is 0 Å². The minimum atomic E-state index is 0.0950. The van der Waals surface area contributed by atoms with Crippen molar-refractivity contribution in [3.8, 4) is 0 Å². The van der Waals surface area contributed by atoms with Gasteiger partial charge in [0.15, 0.2) is 0 Å². The lowest BCUT2D eigenvalue weighted by atomic mass is 10.0. The maximum absolute atomic E-state index is 11.3. The van der Waals surface area contributed by atoms with E-state index in [2.05, 4.69) is 10.6 Å². The first-order chi connectivity index (χ1) is 6.68. The Bertz CT molecular complexity index is 179. The Morgan fingerprint density at radius 1 is 1.57 bits per heavy atom. The molecule has 0 radical (unpaired) electrons. The number of hydrogen-bond acceptors (Lipinski definition) is 3. The van der Waals surface area contributed by atoms with E-state index in [0.717, 1.165) is 19.6 Å². The Balaban J connectivity index is 1.92. The van der Waals surface area contributed by atoms with Crippen molar-refractivity contribution in [2.24, 2.45) is 5.92 Å². The summed E-state index contributed by atoms with van der Waals surface area (Å²) in [5.41, 5.74) is 0. The maximum atomic E-state index is 11.3.